The van der Waals surface area contributed by atoms with E-state index < -0.39 is 0 Å². The molecule has 0 spiro atoms. The highest BCUT2D eigenvalue weighted by molar-refractivity contribution is 5.01. The maximum Gasteiger partial charge on any atom is 0.0281 e. The first kappa shape index (κ1) is 16.3. The molecule has 0 amide bonds. The van der Waals surface area contributed by atoms with Gasteiger partial charge in [-0.2, -0.15) is 0 Å². The van der Waals surface area contributed by atoms with Crippen molar-refractivity contribution < 1.29 is 0 Å². The molecule has 0 atom stereocenters. The predicted molar refractivity (Wildman–Crippen MR) is 88.1 cm³/mol. The second-order valence-corrected chi connectivity index (χ2v) is 9.55. The van der Waals surface area contributed by atoms with Gasteiger partial charge >= 0.3 is 0 Å². The summed E-state index contributed by atoms with van der Waals surface area (Å²) in [6.07, 6.45) is 5.60. The highest BCUT2D eigenvalue weighted by atomic mass is 15.3. The van der Waals surface area contributed by atoms with E-state index in [1.807, 2.05) is 0 Å². The lowest BCUT2D eigenvalue weighted by atomic mass is 9.70. The van der Waals surface area contributed by atoms with Crippen molar-refractivity contribution in [1.82, 2.24) is 10.2 Å². The van der Waals surface area contributed by atoms with Crippen molar-refractivity contribution in [3.63, 3.8) is 0 Å². The first-order chi connectivity index (χ1) is 9.01. The molecule has 2 nitrogen and oxygen atoms in total. The highest BCUT2D eigenvalue weighted by Crippen LogP contribution is 2.41. The summed E-state index contributed by atoms with van der Waals surface area (Å²) in [5.74, 6) is 0.915. The summed E-state index contributed by atoms with van der Waals surface area (Å²) in [6.45, 7) is 19.0. The Morgan fingerprint density at radius 1 is 0.950 bits per heavy atom. The van der Waals surface area contributed by atoms with Crippen LogP contribution in [0.1, 0.15) is 74.1 Å². The van der Waals surface area contributed by atoms with Crippen LogP contribution in [0.15, 0.2) is 0 Å². The molecule has 1 N–H and O–H groups in total. The highest BCUT2D eigenvalue weighted by Gasteiger charge is 2.42. The van der Waals surface area contributed by atoms with E-state index in [-0.39, 0.29) is 5.54 Å². The van der Waals surface area contributed by atoms with Crippen LogP contribution in [0.4, 0.5) is 0 Å². The van der Waals surface area contributed by atoms with E-state index in [0.717, 1.165) is 18.5 Å². The van der Waals surface area contributed by atoms with Gasteiger partial charge in [-0.3, -0.25) is 4.90 Å². The Labute approximate surface area is 126 Å². The molecular weight excluding hydrogens is 244 g/mol. The summed E-state index contributed by atoms with van der Waals surface area (Å²) in [7, 11) is 0. The second kappa shape index (κ2) is 5.28. The van der Waals surface area contributed by atoms with Gasteiger partial charge in [0.1, 0.15) is 0 Å². The molecule has 2 heteroatoms. The van der Waals surface area contributed by atoms with E-state index in [1.54, 1.807) is 0 Å². The summed E-state index contributed by atoms with van der Waals surface area (Å²) in [5, 5.41) is 3.71. The van der Waals surface area contributed by atoms with Crippen LogP contribution >= 0.6 is 0 Å². The summed E-state index contributed by atoms with van der Waals surface area (Å²) < 4.78 is 0. The minimum absolute atomic E-state index is 0.260. The molecule has 2 rings (SSSR count). The number of nitrogens with zero attached hydrogens (tertiary/aromatic N) is 1. The van der Waals surface area contributed by atoms with E-state index in [2.05, 4.69) is 58.7 Å². The van der Waals surface area contributed by atoms with Gasteiger partial charge in [-0.15, -0.1) is 0 Å². The monoisotopic (exact) mass is 280 g/mol. The molecule has 2 aliphatic rings. The fourth-order valence-corrected chi connectivity index (χ4v) is 4.13. The lowest BCUT2D eigenvalue weighted by Gasteiger charge is -2.54. The van der Waals surface area contributed by atoms with Crippen LogP contribution in [0, 0.1) is 11.3 Å². The number of hydrogen-bond donors (Lipinski definition) is 1. The van der Waals surface area contributed by atoms with Crippen molar-refractivity contribution >= 4 is 0 Å². The van der Waals surface area contributed by atoms with Crippen LogP contribution in [0.5, 0.6) is 0 Å². The standard InChI is InChI=1S/C18H36N2/c1-16(2,3)14-8-10-15(11-9-14)20-13-17(4,5)19-12-18(20,6)7/h14-15,19H,8-13H2,1-7H3. The van der Waals surface area contributed by atoms with Crippen LogP contribution in [0.2, 0.25) is 0 Å². The lowest BCUT2D eigenvalue weighted by Crippen LogP contribution is -2.68. The summed E-state index contributed by atoms with van der Waals surface area (Å²) >= 11 is 0. The molecule has 1 aliphatic heterocycles. The molecule has 1 saturated carbocycles. The van der Waals surface area contributed by atoms with Gasteiger partial charge in [-0.05, 0) is 64.7 Å². The molecule has 0 aromatic carbocycles. The quantitative estimate of drug-likeness (QED) is 0.779. The van der Waals surface area contributed by atoms with Gasteiger partial charge in [0.15, 0.2) is 0 Å². The lowest BCUT2D eigenvalue weighted by molar-refractivity contribution is -0.0208. The molecule has 0 aromatic rings. The van der Waals surface area contributed by atoms with Crippen molar-refractivity contribution in [3.8, 4) is 0 Å². The van der Waals surface area contributed by atoms with Gasteiger partial charge in [0.25, 0.3) is 0 Å². The van der Waals surface area contributed by atoms with Gasteiger partial charge in [0.2, 0.25) is 0 Å². The van der Waals surface area contributed by atoms with E-state index >= 15 is 0 Å². The molecule has 2 fully saturated rings. The van der Waals surface area contributed by atoms with Gasteiger partial charge in [0.05, 0.1) is 0 Å². The molecule has 1 heterocycles. The second-order valence-electron chi connectivity index (χ2n) is 9.55. The average Bonchev–Trinajstić information content (AvgIpc) is 2.32. The molecule has 20 heavy (non-hydrogen) atoms. The van der Waals surface area contributed by atoms with Crippen LogP contribution in [0.3, 0.4) is 0 Å². The van der Waals surface area contributed by atoms with Gasteiger partial charge in [-0.1, -0.05) is 20.8 Å². The third kappa shape index (κ3) is 3.57. The van der Waals surface area contributed by atoms with E-state index in [9.17, 15) is 0 Å². The zero-order valence-electron chi connectivity index (χ0n) is 14.8. The van der Waals surface area contributed by atoms with Crippen molar-refractivity contribution in [1.29, 1.82) is 0 Å². The SMILES string of the molecule is CC1(C)CN(C2CCC(C(C)(C)C)CC2)C(C)(C)CN1. The molecule has 1 aliphatic carbocycles. The molecule has 0 aromatic heterocycles. The van der Waals surface area contributed by atoms with Crippen molar-refractivity contribution in [2.45, 2.75) is 91.3 Å². The van der Waals surface area contributed by atoms with E-state index in [1.165, 1.54) is 32.2 Å². The Morgan fingerprint density at radius 3 is 2.00 bits per heavy atom. The summed E-state index contributed by atoms with van der Waals surface area (Å²) in [6, 6.07) is 0.796. The first-order valence-electron chi connectivity index (χ1n) is 8.53. The Bertz CT molecular complexity index is 330. The third-order valence-electron chi connectivity index (χ3n) is 5.70. The molecular formula is C18H36N2. The fraction of sp³-hybridized carbons (Fsp3) is 1.00. The molecule has 0 bridgehead atoms. The van der Waals surface area contributed by atoms with E-state index in [4.69, 9.17) is 0 Å². The van der Waals surface area contributed by atoms with Crippen LogP contribution in [0.25, 0.3) is 0 Å². The largest absolute Gasteiger partial charge is 0.309 e. The Hall–Kier alpha value is -0.0800. The van der Waals surface area contributed by atoms with Gasteiger partial charge in [-0.25, -0.2) is 0 Å². The first-order valence-corrected chi connectivity index (χ1v) is 8.53. The molecule has 118 valence electrons. The third-order valence-corrected chi connectivity index (χ3v) is 5.70. The Kier molecular flexibility index (Phi) is 4.30. The molecule has 0 radical (unpaired) electrons. The van der Waals surface area contributed by atoms with Crippen LogP contribution < -0.4 is 5.32 Å². The summed E-state index contributed by atoms with van der Waals surface area (Å²) in [5.41, 5.74) is 1.05. The van der Waals surface area contributed by atoms with Crippen molar-refractivity contribution in [2.24, 2.45) is 11.3 Å². The molecule has 0 unspecified atom stereocenters. The number of piperazine rings is 1. The van der Waals surface area contributed by atoms with Crippen LogP contribution in [-0.2, 0) is 0 Å². The fourth-order valence-electron chi connectivity index (χ4n) is 4.13. The smallest absolute Gasteiger partial charge is 0.0281 e. The maximum absolute atomic E-state index is 3.71. The normalized spacial score (nSPS) is 35.0. The van der Waals surface area contributed by atoms with E-state index in [0.29, 0.717) is 11.0 Å². The van der Waals surface area contributed by atoms with Gasteiger partial charge < -0.3 is 5.32 Å². The predicted octanol–water partition coefficient (Wildman–Crippen LogP) is 4.05. The van der Waals surface area contributed by atoms with Crippen molar-refractivity contribution in [2.75, 3.05) is 13.1 Å². The zero-order valence-corrected chi connectivity index (χ0v) is 14.8. The Balaban J connectivity index is 2.01. The summed E-state index contributed by atoms with van der Waals surface area (Å²) in [4.78, 5) is 2.81. The Morgan fingerprint density at radius 2 is 1.50 bits per heavy atom. The number of nitrogens with one attached hydrogen (secondary N) is 1. The minimum atomic E-state index is 0.260. The maximum atomic E-state index is 3.71. The number of rotatable bonds is 1. The molecule has 1 saturated heterocycles. The average molecular weight is 280 g/mol. The minimum Gasteiger partial charge on any atom is -0.309 e. The topological polar surface area (TPSA) is 15.3 Å². The van der Waals surface area contributed by atoms with Gasteiger partial charge in [0, 0.05) is 30.2 Å². The number of hydrogen-bond acceptors (Lipinski definition) is 2. The van der Waals surface area contributed by atoms with Crippen molar-refractivity contribution in [3.05, 3.63) is 0 Å². The zero-order chi connectivity index (χ0) is 15.2. The van der Waals surface area contributed by atoms with Crippen LogP contribution in [-0.4, -0.2) is 35.1 Å².